The molecule has 0 aliphatic carbocycles. The minimum absolute atomic E-state index is 0. The fourth-order valence-corrected chi connectivity index (χ4v) is 0. The second-order valence-corrected chi connectivity index (χ2v) is 1.04. The van der Waals surface area contributed by atoms with E-state index in [2.05, 4.69) is 23.3 Å². The monoisotopic (exact) mass is 451 g/mol. The number of hydrogen-bond donors (Lipinski definition) is 2. The van der Waals surface area contributed by atoms with Gasteiger partial charge < -0.3 is 33.5 Å². The van der Waals surface area contributed by atoms with Crippen LogP contribution in [0.15, 0.2) is 0 Å². The van der Waals surface area contributed by atoms with Crippen LogP contribution in [-0.2, 0) is 131 Å². The van der Waals surface area contributed by atoms with Gasteiger partial charge in [-0.25, -0.2) is 0 Å². The Bertz CT molecular complexity index is 83.4. The molecule has 0 aromatic heterocycles. The molecule has 0 saturated carbocycles. The van der Waals surface area contributed by atoms with Crippen LogP contribution in [0.5, 0.6) is 0 Å². The van der Waals surface area contributed by atoms with Gasteiger partial charge in [-0.3, -0.25) is 9.59 Å². The second-order valence-electron chi connectivity index (χ2n) is 1.04. The number of carboxylic acids is 2. The van der Waals surface area contributed by atoms with Gasteiger partial charge in [-0.1, -0.05) is 0 Å². The van der Waals surface area contributed by atoms with Gasteiger partial charge in [-0.2, -0.15) is 0 Å². The minimum atomic E-state index is -0.833. The first-order valence-electron chi connectivity index (χ1n) is 2.02. The SMILES string of the molecule is CC(=O)O.CC(=O)O.[S-][S-].[Y].[Y].[Y]. The molecule has 0 aromatic rings. The molecule has 2 N–H and O–H groups in total. The Labute approximate surface area is 164 Å². The van der Waals surface area contributed by atoms with Crippen molar-refractivity contribution in [3.8, 4) is 0 Å². The molecule has 0 heterocycles. The Balaban J connectivity index is -0.0000000133. The van der Waals surface area contributed by atoms with E-state index >= 15 is 0 Å². The second kappa shape index (κ2) is 36.3. The van der Waals surface area contributed by atoms with Crippen LogP contribution in [0, 0.1) is 0 Å². The summed E-state index contributed by atoms with van der Waals surface area (Å²) in [5.74, 6) is -1.67. The van der Waals surface area contributed by atoms with Gasteiger partial charge in [0, 0.05) is 112 Å². The van der Waals surface area contributed by atoms with Crippen molar-refractivity contribution in [2.45, 2.75) is 13.8 Å². The molecule has 3 radical (unpaired) electrons. The molecule has 0 fully saturated rings. The van der Waals surface area contributed by atoms with Crippen molar-refractivity contribution < 1.29 is 118 Å². The number of aliphatic carboxylic acids is 2. The van der Waals surface area contributed by atoms with Crippen molar-refractivity contribution >= 4 is 35.3 Å². The summed E-state index contributed by atoms with van der Waals surface area (Å²) >= 11 is 7.33. The molecular formula is C4H8O4S2Y3-2. The van der Waals surface area contributed by atoms with Gasteiger partial charge in [0.1, 0.15) is 0 Å². The standard InChI is InChI=1S/2C2H4O2.S2.3Y/c2*1-2(3)4;1-2;;;/h2*1H3,(H,3,4);;;;/q;;-2;;;. The van der Waals surface area contributed by atoms with E-state index < -0.39 is 11.9 Å². The first-order chi connectivity index (χ1) is 4.46. The summed E-state index contributed by atoms with van der Waals surface area (Å²) in [6.45, 7) is 2.17. The van der Waals surface area contributed by atoms with E-state index in [1.165, 1.54) is 0 Å². The summed E-state index contributed by atoms with van der Waals surface area (Å²) < 4.78 is 0. The van der Waals surface area contributed by atoms with Crippen molar-refractivity contribution in [2.24, 2.45) is 0 Å². The smallest absolute Gasteiger partial charge is 0.300 e. The van der Waals surface area contributed by atoms with Crippen LogP contribution in [0.25, 0.3) is 0 Å². The Morgan fingerprint density at radius 2 is 0.846 bits per heavy atom. The van der Waals surface area contributed by atoms with Gasteiger partial charge in [0.2, 0.25) is 0 Å². The molecule has 4 nitrogen and oxygen atoms in total. The van der Waals surface area contributed by atoms with Gasteiger partial charge >= 0.3 is 0 Å². The molecule has 0 rings (SSSR count). The molecule has 0 bridgehead atoms. The Hall–Kier alpha value is 2.95. The van der Waals surface area contributed by atoms with Gasteiger partial charge in [-0.05, 0) is 0 Å². The van der Waals surface area contributed by atoms with Crippen molar-refractivity contribution in [3.05, 3.63) is 0 Å². The molecule has 0 aliphatic rings. The molecule has 0 spiro atoms. The van der Waals surface area contributed by atoms with Crippen LogP contribution in [-0.4, -0.2) is 22.2 Å². The van der Waals surface area contributed by atoms with E-state index in [1.807, 2.05) is 0 Å². The maximum atomic E-state index is 9.00. The third kappa shape index (κ3) is 288. The van der Waals surface area contributed by atoms with Crippen LogP contribution < -0.4 is 0 Å². The predicted molar refractivity (Wildman–Crippen MR) is 41.3 cm³/mol. The van der Waals surface area contributed by atoms with E-state index in [0.29, 0.717) is 0 Å². The summed E-state index contributed by atoms with van der Waals surface area (Å²) in [6, 6.07) is 0. The molecule has 13 heavy (non-hydrogen) atoms. The average Bonchev–Trinajstić information content (AvgIpc) is 1.66. The van der Waals surface area contributed by atoms with Crippen molar-refractivity contribution in [1.82, 2.24) is 0 Å². The average molecular weight is 451 g/mol. The van der Waals surface area contributed by atoms with E-state index in [9.17, 15) is 0 Å². The van der Waals surface area contributed by atoms with Gasteiger partial charge in [0.15, 0.2) is 0 Å². The summed E-state index contributed by atoms with van der Waals surface area (Å²) in [5.41, 5.74) is 0. The third-order valence-electron chi connectivity index (χ3n) is 0. The Morgan fingerprint density at radius 1 is 0.846 bits per heavy atom. The number of rotatable bonds is 0. The van der Waals surface area contributed by atoms with Gasteiger partial charge in [0.05, 0.1) is 0 Å². The van der Waals surface area contributed by atoms with Crippen molar-refractivity contribution in [1.29, 1.82) is 0 Å². The topological polar surface area (TPSA) is 74.6 Å². The predicted octanol–water partition coefficient (Wildman–Crippen LogP) is 0.170. The first kappa shape index (κ1) is 36.0. The molecule has 0 atom stereocenters. The minimum Gasteiger partial charge on any atom is -1.00 e. The normalized spacial score (nSPS) is 4.31. The maximum absolute atomic E-state index is 9.00. The first-order valence-corrected chi connectivity index (χ1v) is 3.36. The van der Waals surface area contributed by atoms with Crippen molar-refractivity contribution in [3.63, 3.8) is 0 Å². The molecule has 0 aliphatic heterocycles. The van der Waals surface area contributed by atoms with E-state index in [4.69, 9.17) is 19.8 Å². The largest absolute Gasteiger partial charge is 1.00 e. The maximum Gasteiger partial charge on any atom is 0.300 e. The molecule has 0 unspecified atom stereocenters. The van der Waals surface area contributed by atoms with Gasteiger partial charge in [0.25, 0.3) is 11.9 Å². The van der Waals surface area contributed by atoms with Crippen LogP contribution in [0.3, 0.4) is 0 Å². The van der Waals surface area contributed by atoms with Crippen LogP contribution in [0.2, 0.25) is 0 Å². The Kier molecular flexibility index (Phi) is 101. The number of carboxylic acid groups (broad SMARTS) is 2. The number of hydrogen-bond acceptors (Lipinski definition) is 4. The summed E-state index contributed by atoms with van der Waals surface area (Å²) in [7, 11) is 0. The summed E-state index contributed by atoms with van der Waals surface area (Å²) in [6.07, 6.45) is 0. The van der Waals surface area contributed by atoms with E-state index in [-0.39, 0.29) is 98.1 Å². The fraction of sp³-hybridized carbons (Fsp3) is 0.500. The van der Waals surface area contributed by atoms with Crippen LogP contribution in [0.1, 0.15) is 13.8 Å². The summed E-state index contributed by atoms with van der Waals surface area (Å²) in [4.78, 5) is 18.0. The van der Waals surface area contributed by atoms with Gasteiger partial charge in [-0.15, -0.1) is 0 Å². The van der Waals surface area contributed by atoms with E-state index in [1.54, 1.807) is 0 Å². The quantitative estimate of drug-likeness (QED) is 0.405. The fourth-order valence-electron chi connectivity index (χ4n) is 0. The Morgan fingerprint density at radius 3 is 0.846 bits per heavy atom. The molecule has 71 valence electrons. The molecule has 0 saturated heterocycles. The molecule has 9 heteroatoms. The number of carbonyl (C=O) groups is 2. The van der Waals surface area contributed by atoms with Crippen molar-refractivity contribution in [2.75, 3.05) is 0 Å². The van der Waals surface area contributed by atoms with Crippen LogP contribution >= 0.6 is 0 Å². The third-order valence-corrected chi connectivity index (χ3v) is 0. The molecular weight excluding hydrogens is 443 g/mol. The molecule has 0 aromatic carbocycles. The van der Waals surface area contributed by atoms with Crippen LogP contribution in [0.4, 0.5) is 0 Å². The summed E-state index contributed by atoms with van der Waals surface area (Å²) in [5, 5.41) is 14.8. The zero-order valence-electron chi connectivity index (χ0n) is 7.26. The zero-order chi connectivity index (χ0) is 9.15. The molecule has 0 amide bonds. The zero-order valence-corrected chi connectivity index (χ0v) is 17.4. The van der Waals surface area contributed by atoms with E-state index in [0.717, 1.165) is 13.8 Å².